The van der Waals surface area contributed by atoms with Crippen molar-refractivity contribution in [1.29, 1.82) is 0 Å². The lowest BCUT2D eigenvalue weighted by Gasteiger charge is -2.19. The molecule has 1 amide bonds. The second kappa shape index (κ2) is 6.61. The van der Waals surface area contributed by atoms with E-state index in [1.54, 1.807) is 0 Å². The number of rotatable bonds is 6. The third-order valence-electron chi connectivity index (χ3n) is 3.61. The number of nitrogens with one attached hydrogen (secondary N) is 1. The number of benzene rings is 1. The molecule has 0 saturated carbocycles. The molecule has 110 valence electrons. The lowest BCUT2D eigenvalue weighted by atomic mass is 10.0. The van der Waals surface area contributed by atoms with Crippen molar-refractivity contribution in [3.05, 3.63) is 23.8 Å². The average Bonchev–Trinajstić information content (AvgIpc) is 2.91. The molecule has 5 nitrogen and oxygen atoms in total. The van der Waals surface area contributed by atoms with Gasteiger partial charge in [0.1, 0.15) is 0 Å². The summed E-state index contributed by atoms with van der Waals surface area (Å²) in [5.74, 6) is 1.55. The van der Waals surface area contributed by atoms with Gasteiger partial charge < -0.3 is 19.9 Å². The zero-order chi connectivity index (χ0) is 14.5. The lowest BCUT2D eigenvalue weighted by Crippen LogP contribution is -2.38. The van der Waals surface area contributed by atoms with Crippen LogP contribution in [0.25, 0.3) is 0 Å². The first-order valence-corrected chi connectivity index (χ1v) is 6.89. The zero-order valence-corrected chi connectivity index (χ0v) is 11.9. The Morgan fingerprint density at radius 1 is 1.35 bits per heavy atom. The Hall–Kier alpha value is -1.75. The van der Waals surface area contributed by atoms with Crippen LogP contribution in [0.5, 0.6) is 11.5 Å². The van der Waals surface area contributed by atoms with Gasteiger partial charge in [-0.2, -0.15) is 0 Å². The van der Waals surface area contributed by atoms with Gasteiger partial charge in [-0.3, -0.25) is 4.79 Å². The third kappa shape index (κ3) is 3.63. The first kappa shape index (κ1) is 14.7. The molecule has 2 rings (SSSR count). The van der Waals surface area contributed by atoms with Gasteiger partial charge >= 0.3 is 0 Å². The third-order valence-corrected chi connectivity index (χ3v) is 3.61. The minimum Gasteiger partial charge on any atom is -0.454 e. The number of carbonyl (C=O) groups excluding carboxylic acids is 1. The second-order valence-electron chi connectivity index (χ2n) is 5.20. The molecule has 1 aliphatic heterocycles. The van der Waals surface area contributed by atoms with Crippen molar-refractivity contribution in [2.75, 3.05) is 13.4 Å². The lowest BCUT2D eigenvalue weighted by molar-refractivity contribution is -0.122. The van der Waals surface area contributed by atoms with Crippen LogP contribution in [0.1, 0.15) is 25.8 Å². The number of aryl methyl sites for hydroxylation is 1. The van der Waals surface area contributed by atoms with E-state index in [1.165, 1.54) is 0 Å². The van der Waals surface area contributed by atoms with Crippen LogP contribution in [-0.2, 0) is 11.2 Å². The van der Waals surface area contributed by atoms with E-state index in [2.05, 4.69) is 5.32 Å². The van der Waals surface area contributed by atoms with Gasteiger partial charge in [-0.05, 0) is 37.0 Å². The summed E-state index contributed by atoms with van der Waals surface area (Å²) in [6, 6.07) is 5.70. The predicted octanol–water partition coefficient (Wildman–Crippen LogP) is 1.48. The van der Waals surface area contributed by atoms with Crippen molar-refractivity contribution < 1.29 is 19.4 Å². The summed E-state index contributed by atoms with van der Waals surface area (Å²) in [6.07, 6.45) is 1.07. The molecular formula is C15H21NO4. The van der Waals surface area contributed by atoms with E-state index in [4.69, 9.17) is 14.6 Å². The molecule has 0 aliphatic carbocycles. The summed E-state index contributed by atoms with van der Waals surface area (Å²) < 4.78 is 10.6. The fraction of sp³-hybridized carbons (Fsp3) is 0.533. The SMILES string of the molecule is CC(CO)C(C)NC(=O)CCc1ccc2c(c1)OCO2. The maximum Gasteiger partial charge on any atom is 0.231 e. The molecular weight excluding hydrogens is 258 g/mol. The Labute approximate surface area is 118 Å². The van der Waals surface area contributed by atoms with Gasteiger partial charge in [-0.25, -0.2) is 0 Å². The fourth-order valence-electron chi connectivity index (χ4n) is 1.98. The highest BCUT2D eigenvalue weighted by molar-refractivity contribution is 5.76. The molecule has 0 aromatic heterocycles. The van der Waals surface area contributed by atoms with Crippen molar-refractivity contribution in [1.82, 2.24) is 5.32 Å². The molecule has 2 N–H and O–H groups in total. The molecule has 1 aliphatic rings. The number of fused-ring (bicyclic) bond motifs is 1. The number of hydrogen-bond acceptors (Lipinski definition) is 4. The van der Waals surface area contributed by atoms with E-state index in [-0.39, 0.29) is 31.3 Å². The molecule has 5 heteroatoms. The molecule has 0 fully saturated rings. The van der Waals surface area contributed by atoms with E-state index in [0.717, 1.165) is 17.1 Å². The smallest absolute Gasteiger partial charge is 0.231 e. The summed E-state index contributed by atoms with van der Waals surface area (Å²) in [6.45, 7) is 4.14. The van der Waals surface area contributed by atoms with Gasteiger partial charge in [0.05, 0.1) is 0 Å². The van der Waals surface area contributed by atoms with Crippen LogP contribution in [0.15, 0.2) is 18.2 Å². The van der Waals surface area contributed by atoms with E-state index in [9.17, 15) is 4.79 Å². The highest BCUT2D eigenvalue weighted by Crippen LogP contribution is 2.32. The molecule has 0 radical (unpaired) electrons. The molecule has 20 heavy (non-hydrogen) atoms. The molecule has 1 aromatic carbocycles. The number of carbonyl (C=O) groups is 1. The maximum atomic E-state index is 11.8. The van der Waals surface area contributed by atoms with Crippen LogP contribution in [0.4, 0.5) is 0 Å². The summed E-state index contributed by atoms with van der Waals surface area (Å²) in [5.41, 5.74) is 1.05. The van der Waals surface area contributed by atoms with Crippen LogP contribution < -0.4 is 14.8 Å². The number of amides is 1. The van der Waals surface area contributed by atoms with Crippen LogP contribution in [0, 0.1) is 5.92 Å². The Balaban J connectivity index is 1.81. The molecule has 1 aromatic rings. The number of hydrogen-bond donors (Lipinski definition) is 2. The largest absolute Gasteiger partial charge is 0.454 e. The normalized spacial score (nSPS) is 15.8. The van der Waals surface area contributed by atoms with E-state index in [1.807, 2.05) is 32.0 Å². The first-order valence-electron chi connectivity index (χ1n) is 6.89. The van der Waals surface area contributed by atoms with Gasteiger partial charge in [0, 0.05) is 19.1 Å². The highest BCUT2D eigenvalue weighted by Gasteiger charge is 2.15. The van der Waals surface area contributed by atoms with Crippen molar-refractivity contribution in [2.24, 2.45) is 5.92 Å². The quantitative estimate of drug-likeness (QED) is 0.827. The Morgan fingerprint density at radius 3 is 2.85 bits per heavy atom. The number of ether oxygens (including phenoxy) is 2. The Bertz CT molecular complexity index is 475. The van der Waals surface area contributed by atoms with E-state index >= 15 is 0 Å². The summed E-state index contributed by atoms with van der Waals surface area (Å²) in [7, 11) is 0. The van der Waals surface area contributed by atoms with Crippen LogP contribution in [0.3, 0.4) is 0 Å². The van der Waals surface area contributed by atoms with Crippen LogP contribution >= 0.6 is 0 Å². The minimum absolute atomic E-state index is 0.00420. The van der Waals surface area contributed by atoms with E-state index < -0.39 is 0 Å². The van der Waals surface area contributed by atoms with Gasteiger partial charge in [-0.1, -0.05) is 13.0 Å². The standard InChI is InChI=1S/C15H21NO4/c1-10(8-17)11(2)16-15(18)6-4-12-3-5-13-14(7-12)20-9-19-13/h3,5,7,10-11,17H,4,6,8-9H2,1-2H3,(H,16,18). The molecule has 1 heterocycles. The molecule has 0 bridgehead atoms. The number of aliphatic hydroxyl groups is 1. The Morgan fingerprint density at radius 2 is 2.10 bits per heavy atom. The second-order valence-corrected chi connectivity index (χ2v) is 5.20. The van der Waals surface area contributed by atoms with Crippen molar-refractivity contribution >= 4 is 5.91 Å². The summed E-state index contributed by atoms with van der Waals surface area (Å²) in [5, 5.41) is 11.9. The summed E-state index contributed by atoms with van der Waals surface area (Å²) >= 11 is 0. The van der Waals surface area contributed by atoms with Gasteiger partial charge in [0.25, 0.3) is 0 Å². The average molecular weight is 279 g/mol. The van der Waals surface area contributed by atoms with Gasteiger partial charge in [0.15, 0.2) is 11.5 Å². The van der Waals surface area contributed by atoms with Crippen LogP contribution in [-0.4, -0.2) is 30.5 Å². The fourth-order valence-corrected chi connectivity index (χ4v) is 1.98. The molecule has 2 unspecified atom stereocenters. The van der Waals surface area contributed by atoms with Gasteiger partial charge in [-0.15, -0.1) is 0 Å². The topological polar surface area (TPSA) is 67.8 Å². The predicted molar refractivity (Wildman–Crippen MR) is 74.7 cm³/mol. The van der Waals surface area contributed by atoms with Gasteiger partial charge in [0.2, 0.25) is 12.7 Å². The Kier molecular flexibility index (Phi) is 4.84. The first-order chi connectivity index (χ1) is 9.60. The molecule has 2 atom stereocenters. The van der Waals surface area contributed by atoms with Crippen molar-refractivity contribution in [3.8, 4) is 11.5 Å². The zero-order valence-electron chi connectivity index (χ0n) is 11.9. The molecule has 0 saturated heterocycles. The monoisotopic (exact) mass is 279 g/mol. The van der Waals surface area contributed by atoms with Crippen molar-refractivity contribution in [2.45, 2.75) is 32.7 Å². The maximum absolute atomic E-state index is 11.8. The minimum atomic E-state index is -0.0238. The van der Waals surface area contributed by atoms with E-state index in [0.29, 0.717) is 12.8 Å². The molecule has 0 spiro atoms. The van der Waals surface area contributed by atoms with Crippen molar-refractivity contribution in [3.63, 3.8) is 0 Å². The van der Waals surface area contributed by atoms with Crippen LogP contribution in [0.2, 0.25) is 0 Å². The highest BCUT2D eigenvalue weighted by atomic mass is 16.7. The summed E-state index contributed by atoms with van der Waals surface area (Å²) in [4.78, 5) is 11.8. The number of aliphatic hydroxyl groups excluding tert-OH is 1.